The fourth-order valence-electron chi connectivity index (χ4n) is 12.1. The van der Waals surface area contributed by atoms with Crippen LogP contribution in [0.1, 0.15) is 42.7 Å². The minimum atomic E-state index is 0.370. The first-order valence-electron chi connectivity index (χ1n) is 25.7. The number of furan rings is 1. The van der Waals surface area contributed by atoms with E-state index in [1.807, 2.05) is 6.07 Å². The molecule has 0 spiro atoms. The highest BCUT2D eigenvalue weighted by Gasteiger charge is 2.29. The number of benzene rings is 10. The molecule has 0 saturated heterocycles. The van der Waals surface area contributed by atoms with Crippen LogP contribution in [0.4, 0.5) is 17.1 Å². The lowest BCUT2D eigenvalue weighted by Crippen LogP contribution is -2.34. The summed E-state index contributed by atoms with van der Waals surface area (Å²) >= 11 is 0. The summed E-state index contributed by atoms with van der Waals surface area (Å²) in [6.07, 6.45) is 5.65. The molecule has 2 aliphatic rings. The van der Waals surface area contributed by atoms with Gasteiger partial charge in [-0.15, -0.1) is 0 Å². The molecule has 0 unspecified atom stereocenters. The fourth-order valence-corrected chi connectivity index (χ4v) is 12.1. The highest BCUT2D eigenvalue weighted by Crippen LogP contribution is 2.43. The van der Waals surface area contributed by atoms with Crippen LogP contribution in [0, 0.1) is 0 Å². The van der Waals surface area contributed by atoms with Gasteiger partial charge in [-0.3, -0.25) is 0 Å². The third-order valence-corrected chi connectivity index (χ3v) is 15.8. The third kappa shape index (κ3) is 7.45. The van der Waals surface area contributed by atoms with Crippen molar-refractivity contribution in [3.05, 3.63) is 242 Å². The molecule has 1 N–H and O–H groups in total. The molecule has 1 aliphatic carbocycles. The minimum Gasteiger partial charge on any atom is -0.455 e. The van der Waals surface area contributed by atoms with Gasteiger partial charge in [0.05, 0.1) is 11.0 Å². The second-order valence-corrected chi connectivity index (χ2v) is 19.9. The Morgan fingerprint density at radius 1 is 0.431 bits per heavy atom. The maximum atomic E-state index is 6.48. The van der Waals surface area contributed by atoms with E-state index in [-0.39, 0.29) is 0 Å². The molecule has 10 aromatic carbocycles. The van der Waals surface area contributed by atoms with Crippen molar-refractivity contribution in [1.82, 2.24) is 4.57 Å². The topological polar surface area (TPSA) is 33.3 Å². The number of anilines is 3. The van der Waals surface area contributed by atoms with E-state index in [9.17, 15) is 0 Å². The van der Waals surface area contributed by atoms with Gasteiger partial charge in [0, 0.05) is 62.4 Å². The van der Waals surface area contributed by atoms with E-state index in [0.29, 0.717) is 12.0 Å². The molecule has 3 heterocycles. The van der Waals surface area contributed by atoms with E-state index in [2.05, 4.69) is 239 Å². The van der Waals surface area contributed by atoms with Crippen molar-refractivity contribution in [3.8, 4) is 50.2 Å². The van der Waals surface area contributed by atoms with Crippen molar-refractivity contribution < 1.29 is 4.42 Å². The number of nitrogens with one attached hydrogen (secondary N) is 1. The molecular formula is C68H53N3O. The van der Waals surface area contributed by atoms with Gasteiger partial charge in [-0.2, -0.15) is 0 Å². The molecule has 346 valence electrons. The molecule has 12 aromatic rings. The van der Waals surface area contributed by atoms with Gasteiger partial charge < -0.3 is 19.2 Å². The first-order valence-corrected chi connectivity index (χ1v) is 25.7. The van der Waals surface area contributed by atoms with Crippen LogP contribution in [0.15, 0.2) is 235 Å². The summed E-state index contributed by atoms with van der Waals surface area (Å²) in [5, 5.41) is 8.34. The summed E-state index contributed by atoms with van der Waals surface area (Å²) in [5.74, 6) is 0.551. The first kappa shape index (κ1) is 42.3. The van der Waals surface area contributed by atoms with Crippen LogP contribution in [-0.4, -0.2) is 17.2 Å². The van der Waals surface area contributed by atoms with Crippen molar-refractivity contribution in [3.63, 3.8) is 0 Å². The SMILES string of the molecule is c1ccc(-n2c3ccccc3c3cc(-c4ccc(-c5ccc(N(c6ccc(-c7cccc8c7oc7ccccc78)cc6)C6CCC(c7ccc(-c8ccc9c(c8)CCN9)cc7)CC6)cc5)cc4)ccc32)cc1. The Hall–Kier alpha value is -8.60. The molecule has 14 rings (SSSR count). The number of rotatable bonds is 9. The smallest absolute Gasteiger partial charge is 0.143 e. The van der Waals surface area contributed by atoms with Gasteiger partial charge in [0.15, 0.2) is 0 Å². The zero-order valence-corrected chi connectivity index (χ0v) is 40.1. The summed E-state index contributed by atoms with van der Waals surface area (Å²) in [4.78, 5) is 2.62. The predicted molar refractivity (Wildman–Crippen MR) is 302 cm³/mol. The molecule has 0 radical (unpaired) electrons. The monoisotopic (exact) mass is 927 g/mol. The van der Waals surface area contributed by atoms with E-state index in [1.54, 1.807) is 0 Å². The number of hydrogen-bond donors (Lipinski definition) is 1. The highest BCUT2D eigenvalue weighted by molar-refractivity contribution is 6.11. The summed E-state index contributed by atoms with van der Waals surface area (Å²) in [7, 11) is 0. The molecule has 1 saturated carbocycles. The largest absolute Gasteiger partial charge is 0.455 e. The quantitative estimate of drug-likeness (QED) is 0.157. The number of para-hydroxylation sites is 4. The second kappa shape index (κ2) is 17.7. The van der Waals surface area contributed by atoms with Gasteiger partial charge in [0.1, 0.15) is 11.2 Å². The van der Waals surface area contributed by atoms with Crippen molar-refractivity contribution in [1.29, 1.82) is 0 Å². The maximum absolute atomic E-state index is 6.48. The Bertz CT molecular complexity index is 3930. The molecule has 4 heteroatoms. The second-order valence-electron chi connectivity index (χ2n) is 19.9. The van der Waals surface area contributed by atoms with Gasteiger partial charge in [0.25, 0.3) is 0 Å². The lowest BCUT2D eigenvalue weighted by molar-refractivity contribution is 0.392. The normalized spacial score (nSPS) is 15.6. The van der Waals surface area contributed by atoms with E-state index in [0.717, 1.165) is 71.7 Å². The molecule has 0 amide bonds. The Kier molecular flexibility index (Phi) is 10.4. The number of aromatic nitrogens is 1. The lowest BCUT2D eigenvalue weighted by Gasteiger charge is -2.39. The summed E-state index contributed by atoms with van der Waals surface area (Å²) < 4.78 is 8.85. The molecular weight excluding hydrogens is 875 g/mol. The lowest BCUT2D eigenvalue weighted by atomic mass is 9.80. The van der Waals surface area contributed by atoms with Crippen molar-refractivity contribution in [2.24, 2.45) is 0 Å². The van der Waals surface area contributed by atoms with E-state index in [1.165, 1.54) is 89.1 Å². The molecule has 1 aliphatic heterocycles. The van der Waals surface area contributed by atoms with E-state index >= 15 is 0 Å². The Morgan fingerprint density at radius 3 is 1.75 bits per heavy atom. The van der Waals surface area contributed by atoms with Crippen molar-refractivity contribution in [2.75, 3.05) is 16.8 Å². The van der Waals surface area contributed by atoms with Crippen LogP contribution in [0.3, 0.4) is 0 Å². The van der Waals surface area contributed by atoms with Crippen LogP contribution in [0.2, 0.25) is 0 Å². The van der Waals surface area contributed by atoms with Crippen LogP contribution < -0.4 is 10.2 Å². The van der Waals surface area contributed by atoms with Crippen LogP contribution in [0.5, 0.6) is 0 Å². The van der Waals surface area contributed by atoms with Crippen molar-refractivity contribution >= 4 is 60.8 Å². The predicted octanol–water partition coefficient (Wildman–Crippen LogP) is 18.2. The van der Waals surface area contributed by atoms with Crippen LogP contribution in [0.25, 0.3) is 93.9 Å². The number of hydrogen-bond acceptors (Lipinski definition) is 3. The standard InChI is InChI=1S/C68H53N3O/c1-2-9-55(10-3-1)71-65-15-6-4-11-60(65)63-44-53(32-40-66(63)71)50-23-19-46(20-24-50)48-27-35-57(36-28-48)70(58-37-29-51(30-38-58)59-13-8-14-62-61-12-5-7-16-67(61)72-68(59)62)56-33-25-47(26-34-56)45-17-21-49(22-18-45)52-31-39-64-54(43-52)41-42-69-64/h1-24,27-32,35-40,43-44,47,56,69H,25-26,33-34,41-42H2. The first-order chi connectivity index (χ1) is 35.7. The molecule has 2 aromatic heterocycles. The van der Waals surface area contributed by atoms with Crippen molar-refractivity contribution in [2.45, 2.75) is 44.1 Å². The number of nitrogens with zero attached hydrogens (tertiary/aromatic N) is 2. The third-order valence-electron chi connectivity index (χ3n) is 15.8. The van der Waals surface area contributed by atoms with Gasteiger partial charge in [-0.25, -0.2) is 0 Å². The number of fused-ring (bicyclic) bond motifs is 7. The summed E-state index contributed by atoms with van der Waals surface area (Å²) in [5.41, 5.74) is 21.8. The fraction of sp³-hybridized carbons (Fsp3) is 0.118. The molecule has 1 fully saturated rings. The molecule has 4 nitrogen and oxygen atoms in total. The average molecular weight is 928 g/mol. The van der Waals surface area contributed by atoms with Crippen LogP contribution >= 0.6 is 0 Å². The van der Waals surface area contributed by atoms with Gasteiger partial charge in [-0.05, 0) is 161 Å². The van der Waals surface area contributed by atoms with E-state index < -0.39 is 0 Å². The maximum Gasteiger partial charge on any atom is 0.143 e. The Balaban J connectivity index is 0.746. The van der Waals surface area contributed by atoms with E-state index in [4.69, 9.17) is 4.42 Å². The minimum absolute atomic E-state index is 0.370. The molecule has 0 atom stereocenters. The Morgan fingerprint density at radius 2 is 1.00 bits per heavy atom. The summed E-state index contributed by atoms with van der Waals surface area (Å²) in [6.45, 7) is 1.03. The summed E-state index contributed by atoms with van der Waals surface area (Å²) in [6, 6.07) is 85.5. The highest BCUT2D eigenvalue weighted by atomic mass is 16.3. The zero-order valence-electron chi connectivity index (χ0n) is 40.1. The average Bonchev–Trinajstić information content (AvgIpc) is 4.18. The van der Waals surface area contributed by atoms with Gasteiger partial charge >= 0.3 is 0 Å². The van der Waals surface area contributed by atoms with Gasteiger partial charge in [0.2, 0.25) is 0 Å². The van der Waals surface area contributed by atoms with Crippen LogP contribution in [-0.2, 0) is 6.42 Å². The molecule has 0 bridgehead atoms. The zero-order chi connectivity index (χ0) is 47.5. The van der Waals surface area contributed by atoms with Gasteiger partial charge in [-0.1, -0.05) is 158 Å². The molecule has 72 heavy (non-hydrogen) atoms. The Labute approximate surface area is 420 Å².